The van der Waals surface area contributed by atoms with E-state index >= 15 is 0 Å². The number of nitrogens with zero attached hydrogens (tertiary/aromatic N) is 1. The molecule has 8 nitrogen and oxygen atoms in total. The van der Waals surface area contributed by atoms with Crippen molar-refractivity contribution in [1.82, 2.24) is 5.32 Å². The second-order valence-corrected chi connectivity index (χ2v) is 4.38. The van der Waals surface area contributed by atoms with Gasteiger partial charge in [-0.2, -0.15) is 0 Å². The summed E-state index contributed by atoms with van der Waals surface area (Å²) in [5.74, 6) is 1.04. The van der Waals surface area contributed by atoms with Gasteiger partial charge in [0.05, 0.1) is 12.0 Å². The standard InChI is InChI=1S/C15H15N3O5/c1-22-13-7-2-3-8-14(13)23-10-16-15(19)17-11-5-4-6-12(9-11)18(20)21/h2-9H,10H2,1H3,(H2,16,17,19). The topological polar surface area (TPSA) is 103 Å². The van der Waals surface area contributed by atoms with E-state index in [9.17, 15) is 14.9 Å². The molecule has 0 saturated carbocycles. The van der Waals surface area contributed by atoms with Gasteiger partial charge in [0.1, 0.15) is 0 Å². The van der Waals surface area contributed by atoms with Crippen molar-refractivity contribution in [2.24, 2.45) is 0 Å². The maximum Gasteiger partial charge on any atom is 0.321 e. The molecule has 0 unspecified atom stereocenters. The van der Waals surface area contributed by atoms with Crippen molar-refractivity contribution >= 4 is 17.4 Å². The zero-order chi connectivity index (χ0) is 16.7. The van der Waals surface area contributed by atoms with Gasteiger partial charge in [0, 0.05) is 17.8 Å². The fourth-order valence-corrected chi connectivity index (χ4v) is 1.79. The second-order valence-electron chi connectivity index (χ2n) is 4.38. The Morgan fingerprint density at radius 1 is 1.17 bits per heavy atom. The molecular formula is C15H15N3O5. The molecule has 0 aromatic heterocycles. The number of nitro benzene ring substituents is 1. The lowest BCUT2D eigenvalue weighted by molar-refractivity contribution is -0.384. The lowest BCUT2D eigenvalue weighted by Crippen LogP contribution is -2.32. The van der Waals surface area contributed by atoms with Crippen LogP contribution >= 0.6 is 0 Å². The molecular weight excluding hydrogens is 302 g/mol. The van der Waals surface area contributed by atoms with Crippen LogP contribution in [-0.2, 0) is 0 Å². The maximum atomic E-state index is 11.7. The molecule has 0 fully saturated rings. The quantitative estimate of drug-likeness (QED) is 0.484. The van der Waals surface area contributed by atoms with E-state index in [0.717, 1.165) is 0 Å². The molecule has 8 heteroatoms. The van der Waals surface area contributed by atoms with Gasteiger partial charge in [-0.3, -0.25) is 10.1 Å². The summed E-state index contributed by atoms with van der Waals surface area (Å²) in [6, 6.07) is 12.1. The molecule has 0 aliphatic carbocycles. The number of ether oxygens (including phenoxy) is 2. The average molecular weight is 317 g/mol. The molecule has 2 rings (SSSR count). The summed E-state index contributed by atoms with van der Waals surface area (Å²) in [5, 5.41) is 15.6. The zero-order valence-corrected chi connectivity index (χ0v) is 12.3. The van der Waals surface area contributed by atoms with Crippen LogP contribution in [0, 0.1) is 10.1 Å². The van der Waals surface area contributed by atoms with Crippen LogP contribution in [0.2, 0.25) is 0 Å². The van der Waals surface area contributed by atoms with E-state index in [1.54, 1.807) is 30.3 Å². The third kappa shape index (κ3) is 4.60. The number of carbonyl (C=O) groups is 1. The van der Waals surface area contributed by atoms with Gasteiger partial charge in [-0.15, -0.1) is 0 Å². The molecule has 0 radical (unpaired) electrons. The van der Waals surface area contributed by atoms with Crippen molar-refractivity contribution in [2.75, 3.05) is 19.2 Å². The molecule has 120 valence electrons. The number of methoxy groups -OCH3 is 1. The van der Waals surface area contributed by atoms with Crippen molar-refractivity contribution in [3.05, 3.63) is 58.6 Å². The fourth-order valence-electron chi connectivity index (χ4n) is 1.79. The Labute approximate surface area is 132 Å². The largest absolute Gasteiger partial charge is 0.493 e. The van der Waals surface area contributed by atoms with Crippen molar-refractivity contribution < 1.29 is 19.2 Å². The lowest BCUT2D eigenvalue weighted by atomic mass is 10.3. The van der Waals surface area contributed by atoms with E-state index in [4.69, 9.17) is 9.47 Å². The van der Waals surface area contributed by atoms with Crippen LogP contribution in [0.4, 0.5) is 16.2 Å². The Kier molecular flexibility index (Phi) is 5.35. The number of hydrogen-bond acceptors (Lipinski definition) is 5. The molecule has 0 bridgehead atoms. The monoisotopic (exact) mass is 317 g/mol. The van der Waals surface area contributed by atoms with Crippen LogP contribution in [0.3, 0.4) is 0 Å². The van der Waals surface area contributed by atoms with Gasteiger partial charge in [0.2, 0.25) is 0 Å². The molecule has 0 heterocycles. The van der Waals surface area contributed by atoms with Gasteiger partial charge < -0.3 is 20.1 Å². The summed E-state index contributed by atoms with van der Waals surface area (Å²) in [5.41, 5.74) is 0.210. The molecule has 2 aromatic rings. The van der Waals surface area contributed by atoms with Gasteiger partial charge in [0.15, 0.2) is 18.2 Å². The second kappa shape index (κ2) is 7.64. The normalized spacial score (nSPS) is 9.78. The highest BCUT2D eigenvalue weighted by molar-refractivity contribution is 5.89. The van der Waals surface area contributed by atoms with Crippen LogP contribution in [0.1, 0.15) is 0 Å². The Balaban J connectivity index is 1.86. The SMILES string of the molecule is COc1ccccc1OCNC(=O)Nc1cccc([N+](=O)[O-])c1. The number of non-ortho nitro benzene ring substituents is 1. The predicted molar refractivity (Wildman–Crippen MR) is 83.7 cm³/mol. The first-order valence-electron chi connectivity index (χ1n) is 6.65. The zero-order valence-electron chi connectivity index (χ0n) is 12.3. The molecule has 0 saturated heterocycles. The summed E-state index contributed by atoms with van der Waals surface area (Å²) >= 11 is 0. The van der Waals surface area contributed by atoms with Crippen molar-refractivity contribution in [2.45, 2.75) is 0 Å². The number of para-hydroxylation sites is 2. The fraction of sp³-hybridized carbons (Fsp3) is 0.133. The van der Waals surface area contributed by atoms with Crippen molar-refractivity contribution in [3.63, 3.8) is 0 Å². The number of anilines is 1. The summed E-state index contributed by atoms with van der Waals surface area (Å²) < 4.78 is 10.5. The first-order chi connectivity index (χ1) is 11.1. The number of urea groups is 1. The number of amides is 2. The van der Waals surface area contributed by atoms with Gasteiger partial charge >= 0.3 is 6.03 Å². The minimum absolute atomic E-state index is 0.0822. The van der Waals surface area contributed by atoms with Crippen molar-refractivity contribution in [3.8, 4) is 11.5 Å². The van der Waals surface area contributed by atoms with E-state index in [1.165, 1.54) is 25.3 Å². The molecule has 23 heavy (non-hydrogen) atoms. The van der Waals surface area contributed by atoms with Gasteiger partial charge in [-0.1, -0.05) is 18.2 Å². The predicted octanol–water partition coefficient (Wildman–Crippen LogP) is 2.76. The molecule has 0 spiro atoms. The minimum atomic E-state index is -0.541. The first kappa shape index (κ1) is 16.1. The third-order valence-electron chi connectivity index (χ3n) is 2.84. The summed E-state index contributed by atoms with van der Waals surface area (Å²) in [4.78, 5) is 21.9. The molecule has 0 aliphatic heterocycles. The smallest absolute Gasteiger partial charge is 0.321 e. The van der Waals surface area contributed by atoms with E-state index in [0.29, 0.717) is 17.2 Å². The Hall–Kier alpha value is -3.29. The van der Waals surface area contributed by atoms with Crippen LogP contribution in [0.25, 0.3) is 0 Å². The van der Waals surface area contributed by atoms with Crippen LogP contribution in [-0.4, -0.2) is 24.8 Å². The summed E-state index contributed by atoms with van der Waals surface area (Å²) in [6.07, 6.45) is 0. The van der Waals surface area contributed by atoms with Crippen LogP contribution in [0.15, 0.2) is 48.5 Å². The summed E-state index contributed by atoms with van der Waals surface area (Å²) in [7, 11) is 1.52. The number of hydrogen-bond donors (Lipinski definition) is 2. The minimum Gasteiger partial charge on any atom is -0.493 e. The Morgan fingerprint density at radius 2 is 1.91 bits per heavy atom. The molecule has 2 N–H and O–H groups in total. The van der Waals surface area contributed by atoms with Gasteiger partial charge in [-0.25, -0.2) is 4.79 Å². The molecule has 0 atom stereocenters. The molecule has 2 aromatic carbocycles. The van der Waals surface area contributed by atoms with E-state index in [2.05, 4.69) is 10.6 Å². The van der Waals surface area contributed by atoms with E-state index in [-0.39, 0.29) is 12.4 Å². The summed E-state index contributed by atoms with van der Waals surface area (Å²) in [6.45, 7) is -0.0822. The van der Waals surface area contributed by atoms with Crippen molar-refractivity contribution in [1.29, 1.82) is 0 Å². The van der Waals surface area contributed by atoms with E-state index in [1.807, 2.05) is 0 Å². The third-order valence-corrected chi connectivity index (χ3v) is 2.84. The number of benzene rings is 2. The lowest BCUT2D eigenvalue weighted by Gasteiger charge is -2.11. The van der Waals surface area contributed by atoms with Crippen LogP contribution in [0.5, 0.6) is 11.5 Å². The van der Waals surface area contributed by atoms with Crippen LogP contribution < -0.4 is 20.1 Å². The highest BCUT2D eigenvalue weighted by atomic mass is 16.6. The van der Waals surface area contributed by atoms with Gasteiger partial charge in [0.25, 0.3) is 5.69 Å². The molecule has 0 aliphatic rings. The first-order valence-corrected chi connectivity index (χ1v) is 6.65. The number of nitrogens with one attached hydrogen (secondary N) is 2. The average Bonchev–Trinajstić information content (AvgIpc) is 2.55. The number of rotatable bonds is 6. The Bertz CT molecular complexity index is 705. The highest BCUT2D eigenvalue weighted by Crippen LogP contribution is 2.25. The Morgan fingerprint density at radius 3 is 2.61 bits per heavy atom. The number of nitro groups is 1. The number of carbonyl (C=O) groups excluding carboxylic acids is 1. The van der Waals surface area contributed by atoms with Gasteiger partial charge in [-0.05, 0) is 18.2 Å². The highest BCUT2D eigenvalue weighted by Gasteiger charge is 2.08. The maximum absolute atomic E-state index is 11.7. The molecule has 2 amide bonds. The van der Waals surface area contributed by atoms with E-state index < -0.39 is 11.0 Å².